The van der Waals surface area contributed by atoms with Crippen LogP contribution in [0.1, 0.15) is 66.7 Å². The van der Waals surface area contributed by atoms with Crippen LogP contribution in [0, 0.1) is 11.8 Å². The normalized spacial score (nSPS) is 20.1. The molecule has 0 heterocycles. The molecule has 1 heteroatoms. The van der Waals surface area contributed by atoms with Gasteiger partial charge in [-0.15, -0.1) is 0 Å². The van der Waals surface area contributed by atoms with Gasteiger partial charge in [0.2, 0.25) is 0 Å². The number of aliphatic hydroxyl groups is 1. The molecule has 0 radical (unpaired) electrons. The lowest BCUT2D eigenvalue weighted by atomic mass is 9.84. The minimum Gasteiger partial charge on any atom is -0.390 e. The van der Waals surface area contributed by atoms with Crippen molar-refractivity contribution >= 4 is 0 Å². The summed E-state index contributed by atoms with van der Waals surface area (Å²) in [5, 5.41) is 9.88. The molecule has 0 rings (SSSR count). The molecule has 0 aliphatic heterocycles. The van der Waals surface area contributed by atoms with Gasteiger partial charge in [0.05, 0.1) is 5.60 Å². The highest BCUT2D eigenvalue weighted by Crippen LogP contribution is 2.25. The van der Waals surface area contributed by atoms with Crippen LogP contribution >= 0.6 is 0 Å². The first-order chi connectivity index (χ1) is 6.43. The van der Waals surface area contributed by atoms with E-state index in [1.165, 1.54) is 12.8 Å². The van der Waals surface area contributed by atoms with E-state index < -0.39 is 5.60 Å². The van der Waals surface area contributed by atoms with Crippen molar-refractivity contribution in [3.8, 4) is 0 Å². The smallest absolute Gasteiger partial charge is 0.0617 e. The van der Waals surface area contributed by atoms with Crippen molar-refractivity contribution in [2.45, 2.75) is 72.3 Å². The van der Waals surface area contributed by atoms with Crippen LogP contribution in [0.2, 0.25) is 0 Å². The minimum absolute atomic E-state index is 0.444. The van der Waals surface area contributed by atoms with E-state index in [1.54, 1.807) is 0 Å². The third-order valence-electron chi connectivity index (χ3n) is 3.62. The molecule has 0 spiro atoms. The van der Waals surface area contributed by atoms with E-state index in [0.29, 0.717) is 0 Å². The standard InChI is InChI=1S/C13H28O/c1-6-8-11(3)12(4)9-10-13(5,14)7-2/h11-12,14H,6-10H2,1-5H3. The Morgan fingerprint density at radius 2 is 1.57 bits per heavy atom. The highest BCUT2D eigenvalue weighted by Gasteiger charge is 2.20. The van der Waals surface area contributed by atoms with Crippen molar-refractivity contribution in [1.29, 1.82) is 0 Å². The van der Waals surface area contributed by atoms with Gasteiger partial charge in [0.1, 0.15) is 0 Å². The predicted octanol–water partition coefficient (Wildman–Crippen LogP) is 4.00. The van der Waals surface area contributed by atoms with Crippen LogP contribution in [-0.4, -0.2) is 10.7 Å². The Kier molecular flexibility index (Phi) is 6.43. The molecule has 1 nitrogen and oxygen atoms in total. The van der Waals surface area contributed by atoms with Gasteiger partial charge in [0.15, 0.2) is 0 Å². The van der Waals surface area contributed by atoms with Gasteiger partial charge in [0, 0.05) is 0 Å². The molecule has 0 aliphatic rings. The van der Waals surface area contributed by atoms with E-state index in [4.69, 9.17) is 0 Å². The Hall–Kier alpha value is -0.0400. The number of hydrogen-bond acceptors (Lipinski definition) is 1. The van der Waals surface area contributed by atoms with Crippen LogP contribution in [0.25, 0.3) is 0 Å². The Morgan fingerprint density at radius 3 is 2.00 bits per heavy atom. The van der Waals surface area contributed by atoms with Gasteiger partial charge in [0.25, 0.3) is 0 Å². The molecule has 0 aromatic carbocycles. The fraction of sp³-hybridized carbons (Fsp3) is 1.00. The van der Waals surface area contributed by atoms with Gasteiger partial charge < -0.3 is 5.11 Å². The van der Waals surface area contributed by atoms with Crippen LogP contribution in [0.15, 0.2) is 0 Å². The highest BCUT2D eigenvalue weighted by atomic mass is 16.3. The van der Waals surface area contributed by atoms with E-state index in [-0.39, 0.29) is 0 Å². The molecule has 1 N–H and O–H groups in total. The summed E-state index contributed by atoms with van der Waals surface area (Å²) in [6.45, 7) is 10.9. The third kappa shape index (κ3) is 5.64. The fourth-order valence-electron chi connectivity index (χ4n) is 1.74. The first-order valence-electron chi connectivity index (χ1n) is 6.15. The van der Waals surface area contributed by atoms with Crippen molar-refractivity contribution in [1.82, 2.24) is 0 Å². The summed E-state index contributed by atoms with van der Waals surface area (Å²) < 4.78 is 0. The zero-order valence-electron chi connectivity index (χ0n) is 10.6. The van der Waals surface area contributed by atoms with E-state index in [2.05, 4.69) is 27.7 Å². The zero-order chi connectivity index (χ0) is 11.2. The lowest BCUT2D eigenvalue weighted by molar-refractivity contribution is 0.0383. The molecule has 0 saturated carbocycles. The lowest BCUT2D eigenvalue weighted by Gasteiger charge is -2.25. The summed E-state index contributed by atoms with van der Waals surface area (Å²) in [5.41, 5.74) is -0.444. The third-order valence-corrected chi connectivity index (χ3v) is 3.62. The Balaban J connectivity index is 3.77. The molecule has 0 aromatic heterocycles. The summed E-state index contributed by atoms with van der Waals surface area (Å²) in [5.74, 6) is 1.54. The maximum absolute atomic E-state index is 9.88. The van der Waals surface area contributed by atoms with E-state index in [9.17, 15) is 5.11 Å². The molecule has 0 bridgehead atoms. The Labute approximate surface area is 89.9 Å². The molecule has 14 heavy (non-hydrogen) atoms. The second kappa shape index (κ2) is 6.44. The van der Waals surface area contributed by atoms with E-state index in [1.807, 2.05) is 6.92 Å². The molecule has 0 amide bonds. The SMILES string of the molecule is CCCC(C)C(C)CCC(C)(O)CC. The molecule has 0 aliphatic carbocycles. The largest absolute Gasteiger partial charge is 0.390 e. The van der Waals surface area contributed by atoms with E-state index >= 15 is 0 Å². The van der Waals surface area contributed by atoms with Gasteiger partial charge in [-0.1, -0.05) is 40.5 Å². The van der Waals surface area contributed by atoms with Crippen molar-refractivity contribution in [3.05, 3.63) is 0 Å². The van der Waals surface area contributed by atoms with Crippen molar-refractivity contribution < 1.29 is 5.11 Å². The van der Waals surface area contributed by atoms with Gasteiger partial charge in [-0.2, -0.15) is 0 Å². The average Bonchev–Trinajstić information content (AvgIpc) is 2.15. The summed E-state index contributed by atoms with van der Waals surface area (Å²) in [6.07, 6.45) is 5.55. The monoisotopic (exact) mass is 200 g/mol. The van der Waals surface area contributed by atoms with Crippen molar-refractivity contribution in [2.24, 2.45) is 11.8 Å². The minimum atomic E-state index is -0.444. The molecule has 0 saturated heterocycles. The molecular weight excluding hydrogens is 172 g/mol. The van der Waals surface area contributed by atoms with E-state index in [0.717, 1.165) is 31.1 Å². The second-order valence-corrected chi connectivity index (χ2v) is 5.13. The van der Waals surface area contributed by atoms with Crippen LogP contribution in [0.5, 0.6) is 0 Å². The van der Waals surface area contributed by atoms with Crippen LogP contribution in [0.4, 0.5) is 0 Å². The highest BCUT2D eigenvalue weighted by molar-refractivity contribution is 4.73. The van der Waals surface area contributed by atoms with Gasteiger partial charge >= 0.3 is 0 Å². The molecule has 3 atom stereocenters. The molecule has 0 fully saturated rings. The fourth-order valence-corrected chi connectivity index (χ4v) is 1.74. The van der Waals surface area contributed by atoms with Crippen LogP contribution in [-0.2, 0) is 0 Å². The molecular formula is C13H28O. The first-order valence-corrected chi connectivity index (χ1v) is 6.15. The molecule has 0 aromatic rings. The Morgan fingerprint density at radius 1 is 1.07 bits per heavy atom. The lowest BCUT2D eigenvalue weighted by Crippen LogP contribution is -2.24. The van der Waals surface area contributed by atoms with Crippen molar-refractivity contribution in [3.63, 3.8) is 0 Å². The number of hydrogen-bond donors (Lipinski definition) is 1. The van der Waals surface area contributed by atoms with Gasteiger partial charge in [-0.25, -0.2) is 0 Å². The zero-order valence-corrected chi connectivity index (χ0v) is 10.6. The van der Waals surface area contributed by atoms with Crippen molar-refractivity contribution in [2.75, 3.05) is 0 Å². The predicted molar refractivity (Wildman–Crippen MR) is 63.4 cm³/mol. The summed E-state index contributed by atoms with van der Waals surface area (Å²) in [6, 6.07) is 0. The average molecular weight is 200 g/mol. The second-order valence-electron chi connectivity index (χ2n) is 5.13. The Bertz CT molecular complexity index is 140. The van der Waals surface area contributed by atoms with Crippen LogP contribution in [0.3, 0.4) is 0 Å². The molecule has 86 valence electrons. The van der Waals surface area contributed by atoms with Gasteiger partial charge in [-0.3, -0.25) is 0 Å². The number of rotatable bonds is 7. The summed E-state index contributed by atoms with van der Waals surface area (Å²) in [4.78, 5) is 0. The van der Waals surface area contributed by atoms with Crippen LogP contribution < -0.4 is 0 Å². The topological polar surface area (TPSA) is 20.2 Å². The first kappa shape index (κ1) is 14.0. The molecule has 3 unspecified atom stereocenters. The van der Waals surface area contributed by atoms with Gasteiger partial charge in [-0.05, 0) is 38.0 Å². The maximum atomic E-state index is 9.88. The maximum Gasteiger partial charge on any atom is 0.0617 e. The quantitative estimate of drug-likeness (QED) is 0.658. The summed E-state index contributed by atoms with van der Waals surface area (Å²) >= 11 is 0. The summed E-state index contributed by atoms with van der Waals surface area (Å²) in [7, 11) is 0.